The maximum Gasteiger partial charge on any atom is 0.472 e. The Morgan fingerprint density at radius 2 is 1.91 bits per heavy atom. The molecule has 242 valence electrons. The second kappa shape index (κ2) is 11.5. The molecular formula is C22H28N10O11P2. The van der Waals surface area contributed by atoms with Gasteiger partial charge in [-0.05, 0) is 25.2 Å². The van der Waals surface area contributed by atoms with Crippen molar-refractivity contribution < 1.29 is 46.9 Å². The third kappa shape index (κ3) is 5.99. The summed E-state index contributed by atoms with van der Waals surface area (Å²) in [4.78, 5) is 52.3. The lowest BCUT2D eigenvalue weighted by atomic mass is 10.0. The zero-order chi connectivity index (χ0) is 31.5. The van der Waals surface area contributed by atoms with Crippen molar-refractivity contribution in [2.45, 2.75) is 55.9 Å². The van der Waals surface area contributed by atoms with Crippen molar-refractivity contribution >= 4 is 44.4 Å². The third-order valence-corrected chi connectivity index (χ3v) is 9.89. The van der Waals surface area contributed by atoms with Gasteiger partial charge in [0, 0.05) is 12.1 Å². The van der Waals surface area contributed by atoms with Crippen molar-refractivity contribution in [3.8, 4) is 0 Å². The molecule has 7 N–H and O–H groups in total. The zero-order valence-corrected chi connectivity index (χ0v) is 24.9. The number of aliphatic hydroxyl groups is 1. The molecule has 9 atom stereocenters. The van der Waals surface area contributed by atoms with Crippen molar-refractivity contribution in [2.75, 3.05) is 24.3 Å². The Hall–Kier alpha value is -3.36. The van der Waals surface area contributed by atoms with Crippen molar-refractivity contribution in [3.63, 3.8) is 0 Å². The largest absolute Gasteiger partial charge is 0.472 e. The highest BCUT2D eigenvalue weighted by molar-refractivity contribution is 7.47. The summed E-state index contributed by atoms with van der Waals surface area (Å²) in [7, 11) is -9.56. The molecule has 3 fully saturated rings. The lowest BCUT2D eigenvalue weighted by molar-refractivity contribution is -0.0523. The first kappa shape index (κ1) is 30.3. The van der Waals surface area contributed by atoms with Gasteiger partial charge in [0.2, 0.25) is 11.9 Å². The van der Waals surface area contributed by atoms with Crippen LogP contribution in [0.2, 0.25) is 0 Å². The van der Waals surface area contributed by atoms with Gasteiger partial charge in [-0.3, -0.25) is 32.4 Å². The number of nitrogens with two attached hydrogens (primary N) is 1. The van der Waals surface area contributed by atoms with E-state index in [4.69, 9.17) is 28.6 Å². The Labute approximate surface area is 251 Å². The maximum atomic E-state index is 13.1. The molecule has 1 saturated carbocycles. The molecule has 3 aliphatic rings. The molecule has 23 heteroatoms. The summed E-state index contributed by atoms with van der Waals surface area (Å²) in [6.07, 6.45) is -2.02. The number of fused-ring (bicyclic) bond motifs is 5. The average Bonchev–Trinajstić information content (AvgIpc) is 3.75. The fourth-order valence-electron chi connectivity index (χ4n) is 5.87. The predicted molar refractivity (Wildman–Crippen MR) is 149 cm³/mol. The lowest BCUT2D eigenvalue weighted by Gasteiger charge is -2.26. The first-order chi connectivity index (χ1) is 21.5. The second-order valence-electron chi connectivity index (χ2n) is 10.8. The Kier molecular flexibility index (Phi) is 7.72. The molecule has 0 amide bonds. The highest BCUT2D eigenvalue weighted by atomic mass is 31.2. The first-order valence-electron chi connectivity index (χ1n) is 13.7. The van der Waals surface area contributed by atoms with Gasteiger partial charge in [-0.25, -0.2) is 24.1 Å². The van der Waals surface area contributed by atoms with E-state index in [9.17, 15) is 28.8 Å². The summed E-state index contributed by atoms with van der Waals surface area (Å²) < 4.78 is 56.2. The number of aromatic nitrogens is 8. The number of anilines is 2. The maximum absolute atomic E-state index is 13.1. The molecule has 4 aromatic heterocycles. The van der Waals surface area contributed by atoms with E-state index < -0.39 is 64.4 Å². The van der Waals surface area contributed by atoms with Gasteiger partial charge in [-0.15, -0.1) is 0 Å². The number of ether oxygens (including phenoxy) is 1. The topological polar surface area (TPSA) is 286 Å². The number of phosphoric ester groups is 2. The van der Waals surface area contributed by atoms with E-state index >= 15 is 0 Å². The Balaban J connectivity index is 1.13. The Bertz CT molecular complexity index is 1880. The van der Waals surface area contributed by atoms with E-state index in [1.165, 1.54) is 15.4 Å². The van der Waals surface area contributed by atoms with Gasteiger partial charge >= 0.3 is 15.6 Å². The minimum Gasteiger partial charge on any atom is -0.387 e. The summed E-state index contributed by atoms with van der Waals surface area (Å²) >= 11 is 0. The fourth-order valence-corrected chi connectivity index (χ4v) is 7.80. The van der Waals surface area contributed by atoms with Gasteiger partial charge < -0.3 is 30.7 Å². The van der Waals surface area contributed by atoms with Crippen LogP contribution in [0, 0.1) is 5.92 Å². The van der Waals surface area contributed by atoms with E-state index in [-0.39, 0.29) is 42.6 Å². The Morgan fingerprint density at radius 1 is 1.09 bits per heavy atom. The number of nitrogens with zero attached hydrogens (tertiary/aromatic N) is 7. The SMILES string of the molecule is Nc1nc2c(ncn2[C@@H]2O[C@@H]3COP(=O)(O)O[C@H]4C[C@H](Nc5ncnc6ccnn56)C[C@@H]4CCOP(=O)(O)O[C@@H]2[C@@H]3O)c(=O)[nH]1. The molecule has 21 nitrogen and oxygen atoms in total. The standard InChI is InChI=1S/C22H28N10O11P2/c23-21-29-18-15(19(34)30-21)26-9-31(18)20-17-16(33)13(41-20)7-40-45(37,38)42-12-6-11(5-10(12)2-4-39-44(35,36)43-17)28-22-25-8-24-14-1-3-27-32(14)22/h1,3,8-13,16-17,20,33H,2,4-7H2,(H,35,36)(H,37,38)(H,24,25,28)(H3,23,29,30,34)/t10-,11+,12-,13+,16+,17+,20+/m0/s1. The number of aromatic amines is 1. The van der Waals surface area contributed by atoms with E-state index in [2.05, 4.69) is 35.3 Å². The van der Waals surface area contributed by atoms with Crippen molar-refractivity contribution in [1.29, 1.82) is 0 Å². The van der Waals surface area contributed by atoms with E-state index in [0.717, 1.165) is 6.33 Å². The van der Waals surface area contributed by atoms with Crippen LogP contribution in [0.15, 0.2) is 29.7 Å². The minimum atomic E-state index is -4.83. The highest BCUT2D eigenvalue weighted by Crippen LogP contribution is 2.53. The number of rotatable bonds is 3. The number of H-pyrrole nitrogens is 1. The van der Waals surface area contributed by atoms with Crippen LogP contribution >= 0.6 is 15.6 Å². The van der Waals surface area contributed by atoms with Crippen LogP contribution < -0.4 is 16.6 Å². The zero-order valence-electron chi connectivity index (χ0n) is 23.1. The van der Waals surface area contributed by atoms with Crippen LogP contribution in [0.4, 0.5) is 11.9 Å². The first-order valence-corrected chi connectivity index (χ1v) is 16.7. The van der Waals surface area contributed by atoms with Crippen LogP contribution in [-0.4, -0.2) is 97.7 Å². The molecule has 45 heavy (non-hydrogen) atoms. The normalized spacial score (nSPS) is 36.2. The molecule has 2 unspecified atom stereocenters. The lowest BCUT2D eigenvalue weighted by Crippen LogP contribution is -2.35. The van der Waals surface area contributed by atoms with Crippen molar-refractivity contribution in [3.05, 3.63) is 35.3 Å². The number of nitrogens with one attached hydrogen (secondary N) is 2. The third-order valence-electron chi connectivity index (χ3n) is 7.86. The number of hydrogen-bond acceptors (Lipinski definition) is 16. The smallest absolute Gasteiger partial charge is 0.387 e. The van der Waals surface area contributed by atoms with Crippen LogP contribution in [0.3, 0.4) is 0 Å². The highest BCUT2D eigenvalue weighted by Gasteiger charge is 2.51. The Morgan fingerprint density at radius 3 is 2.76 bits per heavy atom. The fraction of sp³-hybridized carbons (Fsp3) is 0.545. The monoisotopic (exact) mass is 670 g/mol. The molecule has 0 spiro atoms. The van der Waals surface area contributed by atoms with Gasteiger partial charge in [0.25, 0.3) is 5.56 Å². The minimum absolute atomic E-state index is 0.0716. The number of imidazole rings is 1. The van der Waals surface area contributed by atoms with Gasteiger partial charge in [-0.1, -0.05) is 0 Å². The van der Waals surface area contributed by atoms with Crippen molar-refractivity contribution in [1.82, 2.24) is 39.1 Å². The molecule has 2 saturated heterocycles. The van der Waals surface area contributed by atoms with Crippen LogP contribution in [0.5, 0.6) is 0 Å². The van der Waals surface area contributed by atoms with Crippen LogP contribution in [0.25, 0.3) is 16.8 Å². The predicted octanol–water partition coefficient (Wildman–Crippen LogP) is -0.303. The molecule has 2 bridgehead atoms. The van der Waals surface area contributed by atoms with Crippen LogP contribution in [-0.2, 0) is 32.0 Å². The number of nitrogen functional groups attached to an aromatic ring is 1. The molecule has 6 heterocycles. The summed E-state index contributed by atoms with van der Waals surface area (Å²) in [6.45, 7) is -0.986. The second-order valence-corrected chi connectivity index (χ2v) is 13.6. The summed E-state index contributed by atoms with van der Waals surface area (Å²) in [5, 5.41) is 18.5. The van der Waals surface area contributed by atoms with Gasteiger partial charge in [0.15, 0.2) is 23.0 Å². The average molecular weight is 670 g/mol. The van der Waals surface area contributed by atoms with E-state index in [1.807, 2.05) is 0 Å². The molecule has 0 radical (unpaired) electrons. The molecule has 1 aliphatic carbocycles. The number of hydrogen-bond donors (Lipinski definition) is 6. The van der Waals surface area contributed by atoms with Gasteiger partial charge in [-0.2, -0.15) is 14.6 Å². The molecule has 7 rings (SSSR count). The number of aliphatic hydroxyl groups excluding tert-OH is 1. The van der Waals surface area contributed by atoms with E-state index in [0.29, 0.717) is 18.0 Å². The molecule has 4 aromatic rings. The summed E-state index contributed by atoms with van der Waals surface area (Å²) in [5.41, 5.74) is 5.39. The van der Waals surface area contributed by atoms with Gasteiger partial charge in [0.1, 0.15) is 24.6 Å². The molecule has 2 aliphatic heterocycles. The van der Waals surface area contributed by atoms with Gasteiger partial charge in [0.05, 0.1) is 31.8 Å². The van der Waals surface area contributed by atoms with Crippen LogP contribution in [0.1, 0.15) is 25.5 Å². The quantitative estimate of drug-likeness (QED) is 0.152. The summed E-state index contributed by atoms with van der Waals surface area (Å²) in [6, 6.07) is 1.41. The van der Waals surface area contributed by atoms with E-state index in [1.54, 1.807) is 12.3 Å². The summed E-state index contributed by atoms with van der Waals surface area (Å²) in [5.74, 6) is -0.256. The molecular weight excluding hydrogens is 642 g/mol. The van der Waals surface area contributed by atoms with Crippen molar-refractivity contribution in [2.24, 2.45) is 5.92 Å². The molecule has 0 aromatic carbocycles. The number of phosphoric acid groups is 2.